The van der Waals surface area contributed by atoms with Crippen LogP contribution in [0.25, 0.3) is 0 Å². The molecular formula is C15H10BrF3N2O2. The second-order valence-corrected chi connectivity index (χ2v) is 5.40. The summed E-state index contributed by atoms with van der Waals surface area (Å²) in [5, 5.41) is 13.1. The number of rotatable bonds is 3. The topological polar surface area (TPSA) is 61.7 Å². The lowest BCUT2D eigenvalue weighted by atomic mass is 10.1. The van der Waals surface area contributed by atoms with E-state index in [0.29, 0.717) is 10.0 Å². The Morgan fingerprint density at radius 2 is 1.96 bits per heavy atom. The molecule has 0 spiro atoms. The molecule has 2 aromatic carbocycles. The van der Waals surface area contributed by atoms with E-state index in [1.807, 2.05) is 0 Å². The average molecular weight is 387 g/mol. The number of amides is 1. The number of carbonyl (C=O) groups is 1. The minimum atomic E-state index is -4.53. The van der Waals surface area contributed by atoms with Crippen molar-refractivity contribution in [2.75, 3.05) is 0 Å². The Bertz CT molecular complexity index is 761. The number of hydrazone groups is 1. The highest BCUT2D eigenvalue weighted by Gasteiger charge is 2.30. The zero-order valence-corrected chi connectivity index (χ0v) is 13.0. The predicted octanol–water partition coefficient (Wildman–Crippen LogP) is 3.94. The van der Waals surface area contributed by atoms with E-state index in [1.165, 1.54) is 0 Å². The lowest BCUT2D eigenvalue weighted by molar-refractivity contribution is -0.137. The van der Waals surface area contributed by atoms with Gasteiger partial charge in [-0.05, 0) is 36.4 Å². The van der Waals surface area contributed by atoms with Crippen LogP contribution in [0.4, 0.5) is 13.2 Å². The maximum atomic E-state index is 12.6. The maximum Gasteiger partial charge on any atom is 0.416 e. The summed E-state index contributed by atoms with van der Waals surface area (Å²) in [6.07, 6.45) is -3.59. The fourth-order valence-corrected chi connectivity index (χ4v) is 2.09. The summed E-state index contributed by atoms with van der Waals surface area (Å²) in [5.74, 6) is -0.910. The summed E-state index contributed by atoms with van der Waals surface area (Å²) in [5.41, 5.74) is 1.42. The van der Waals surface area contributed by atoms with Crippen LogP contribution in [0.3, 0.4) is 0 Å². The molecule has 0 aliphatic carbocycles. The van der Waals surface area contributed by atoms with Crippen molar-refractivity contribution in [2.24, 2.45) is 5.10 Å². The van der Waals surface area contributed by atoms with Crippen molar-refractivity contribution in [1.82, 2.24) is 5.43 Å². The standard InChI is InChI=1S/C15H10BrF3N2O2/c16-12-3-1-2-9(7-12)14(23)21-20-8-10-6-11(15(17,18)19)4-5-13(10)22/h1-8,22H,(H,21,23)/b20-8+. The molecule has 4 nitrogen and oxygen atoms in total. The first-order chi connectivity index (χ1) is 10.8. The van der Waals surface area contributed by atoms with Gasteiger partial charge in [0.2, 0.25) is 0 Å². The molecule has 2 N–H and O–H groups in total. The van der Waals surface area contributed by atoms with Crippen molar-refractivity contribution in [2.45, 2.75) is 6.18 Å². The third kappa shape index (κ3) is 4.56. The molecule has 23 heavy (non-hydrogen) atoms. The number of aromatic hydroxyl groups is 1. The van der Waals surface area contributed by atoms with Crippen molar-refractivity contribution < 1.29 is 23.1 Å². The minimum absolute atomic E-state index is 0.158. The SMILES string of the molecule is O=C(N/N=C/c1cc(C(F)(F)F)ccc1O)c1cccc(Br)c1. The van der Waals surface area contributed by atoms with Crippen LogP contribution < -0.4 is 5.43 Å². The van der Waals surface area contributed by atoms with Gasteiger partial charge in [0.05, 0.1) is 11.8 Å². The van der Waals surface area contributed by atoms with Gasteiger partial charge in [-0.2, -0.15) is 18.3 Å². The number of phenols is 1. The van der Waals surface area contributed by atoms with Crippen LogP contribution >= 0.6 is 15.9 Å². The van der Waals surface area contributed by atoms with E-state index in [9.17, 15) is 23.1 Å². The molecule has 0 bridgehead atoms. The Balaban J connectivity index is 2.13. The Morgan fingerprint density at radius 3 is 2.61 bits per heavy atom. The van der Waals surface area contributed by atoms with Crippen LogP contribution in [0.15, 0.2) is 52.0 Å². The van der Waals surface area contributed by atoms with Gasteiger partial charge in [-0.1, -0.05) is 22.0 Å². The molecule has 2 aromatic rings. The van der Waals surface area contributed by atoms with Crippen LogP contribution in [-0.4, -0.2) is 17.2 Å². The summed E-state index contributed by atoms with van der Waals surface area (Å²) < 4.78 is 38.5. The van der Waals surface area contributed by atoms with Gasteiger partial charge in [-0.25, -0.2) is 5.43 Å². The van der Waals surface area contributed by atoms with Crippen molar-refractivity contribution in [1.29, 1.82) is 0 Å². The third-order valence-corrected chi connectivity index (χ3v) is 3.30. The molecule has 120 valence electrons. The van der Waals surface area contributed by atoms with E-state index in [2.05, 4.69) is 26.5 Å². The van der Waals surface area contributed by atoms with E-state index in [-0.39, 0.29) is 11.3 Å². The van der Waals surface area contributed by atoms with Gasteiger partial charge in [0.25, 0.3) is 5.91 Å². The normalized spacial score (nSPS) is 11.7. The number of carbonyl (C=O) groups excluding carboxylic acids is 1. The van der Waals surface area contributed by atoms with Gasteiger partial charge >= 0.3 is 6.18 Å². The molecule has 0 fully saturated rings. The molecule has 0 atom stereocenters. The Labute approximate surface area is 137 Å². The van der Waals surface area contributed by atoms with Crippen molar-refractivity contribution in [3.05, 3.63) is 63.6 Å². The fourth-order valence-electron chi connectivity index (χ4n) is 1.69. The highest BCUT2D eigenvalue weighted by molar-refractivity contribution is 9.10. The van der Waals surface area contributed by atoms with Gasteiger partial charge in [0.1, 0.15) is 5.75 Å². The van der Waals surface area contributed by atoms with Crippen molar-refractivity contribution in [3.63, 3.8) is 0 Å². The van der Waals surface area contributed by atoms with Crippen LogP contribution in [0, 0.1) is 0 Å². The van der Waals surface area contributed by atoms with Gasteiger partial charge in [-0.15, -0.1) is 0 Å². The van der Waals surface area contributed by atoms with E-state index in [0.717, 1.165) is 24.4 Å². The molecule has 2 rings (SSSR count). The minimum Gasteiger partial charge on any atom is -0.507 e. The zero-order valence-electron chi connectivity index (χ0n) is 11.4. The largest absolute Gasteiger partial charge is 0.507 e. The molecule has 1 amide bonds. The summed E-state index contributed by atoms with van der Waals surface area (Å²) in [7, 11) is 0. The summed E-state index contributed by atoms with van der Waals surface area (Å²) in [6, 6.07) is 8.92. The van der Waals surface area contributed by atoms with Crippen LogP contribution in [0.2, 0.25) is 0 Å². The quantitative estimate of drug-likeness (QED) is 0.619. The summed E-state index contributed by atoms with van der Waals surface area (Å²) in [6.45, 7) is 0. The number of nitrogens with zero attached hydrogens (tertiary/aromatic N) is 1. The molecule has 0 heterocycles. The summed E-state index contributed by atoms with van der Waals surface area (Å²) >= 11 is 3.21. The lowest BCUT2D eigenvalue weighted by Crippen LogP contribution is -2.17. The highest BCUT2D eigenvalue weighted by atomic mass is 79.9. The van der Waals surface area contributed by atoms with E-state index in [1.54, 1.807) is 24.3 Å². The zero-order chi connectivity index (χ0) is 17.0. The third-order valence-electron chi connectivity index (χ3n) is 2.81. The second kappa shape index (κ2) is 6.82. The molecule has 0 aromatic heterocycles. The smallest absolute Gasteiger partial charge is 0.416 e. The molecule has 8 heteroatoms. The monoisotopic (exact) mass is 386 g/mol. The first-order valence-corrected chi connectivity index (χ1v) is 7.06. The number of phenolic OH excluding ortho intramolecular Hbond substituents is 1. The van der Waals surface area contributed by atoms with Crippen molar-refractivity contribution >= 4 is 28.1 Å². The molecule has 0 aliphatic rings. The lowest BCUT2D eigenvalue weighted by Gasteiger charge is -2.08. The molecule has 0 unspecified atom stereocenters. The second-order valence-electron chi connectivity index (χ2n) is 4.48. The van der Waals surface area contributed by atoms with Crippen LogP contribution in [0.1, 0.15) is 21.5 Å². The Hall–Kier alpha value is -2.35. The highest BCUT2D eigenvalue weighted by Crippen LogP contribution is 2.31. The van der Waals surface area contributed by atoms with Crippen LogP contribution in [0.5, 0.6) is 5.75 Å². The van der Waals surface area contributed by atoms with Gasteiger partial charge in [0, 0.05) is 15.6 Å². The predicted molar refractivity (Wildman–Crippen MR) is 82.3 cm³/mol. The number of hydrogen-bond donors (Lipinski definition) is 2. The van der Waals surface area contributed by atoms with Crippen molar-refractivity contribution in [3.8, 4) is 5.75 Å². The van der Waals surface area contributed by atoms with E-state index < -0.39 is 17.6 Å². The Kier molecular flexibility index (Phi) is 5.05. The number of alkyl halides is 3. The van der Waals surface area contributed by atoms with Gasteiger partial charge in [0.15, 0.2) is 0 Å². The molecule has 0 saturated heterocycles. The van der Waals surface area contributed by atoms with Gasteiger partial charge < -0.3 is 5.11 Å². The molecule has 0 saturated carbocycles. The molecular weight excluding hydrogens is 377 g/mol. The first kappa shape index (κ1) is 17.0. The number of nitrogens with one attached hydrogen (secondary N) is 1. The number of halogens is 4. The number of benzene rings is 2. The Morgan fingerprint density at radius 1 is 1.22 bits per heavy atom. The maximum absolute atomic E-state index is 12.6. The van der Waals surface area contributed by atoms with E-state index in [4.69, 9.17) is 0 Å². The molecule has 0 aliphatic heterocycles. The average Bonchev–Trinajstić information content (AvgIpc) is 2.47. The van der Waals surface area contributed by atoms with E-state index >= 15 is 0 Å². The van der Waals surface area contributed by atoms with Gasteiger partial charge in [-0.3, -0.25) is 4.79 Å². The molecule has 0 radical (unpaired) electrons. The fraction of sp³-hybridized carbons (Fsp3) is 0.0667. The summed E-state index contributed by atoms with van der Waals surface area (Å²) in [4.78, 5) is 11.8. The first-order valence-electron chi connectivity index (χ1n) is 6.26. The number of hydrogen-bond acceptors (Lipinski definition) is 3. The van der Waals surface area contributed by atoms with Crippen LogP contribution in [-0.2, 0) is 6.18 Å².